The van der Waals surface area contributed by atoms with Gasteiger partial charge in [-0.15, -0.1) is 5.10 Å². The largest absolute Gasteiger partial charge is 0.447 e. The first-order valence-electron chi connectivity index (χ1n) is 9.24. The number of nitrogens with one attached hydrogen (secondary N) is 1. The number of aryl methyl sites for hydroxylation is 2. The summed E-state index contributed by atoms with van der Waals surface area (Å²) in [6.45, 7) is 4.98. The fourth-order valence-electron chi connectivity index (χ4n) is 2.71. The number of hydrogen-bond donors (Lipinski definition) is 1. The number of rotatable bonds is 6. The Labute approximate surface area is 179 Å². The molecule has 0 bridgehead atoms. The van der Waals surface area contributed by atoms with Gasteiger partial charge in [0.05, 0.1) is 4.90 Å². The molecule has 0 saturated carbocycles. The lowest BCUT2D eigenvalue weighted by atomic mass is 10.3. The molecule has 1 aromatic carbocycles. The van der Waals surface area contributed by atoms with Crippen LogP contribution in [0.4, 0.5) is 5.69 Å². The number of anilines is 1. The number of benzene rings is 1. The molecular weight excluding hydrogens is 424 g/mol. The van der Waals surface area contributed by atoms with Crippen molar-refractivity contribution in [2.75, 3.05) is 19.4 Å². The minimum atomic E-state index is -3.66. The van der Waals surface area contributed by atoms with Crippen molar-refractivity contribution in [1.82, 2.24) is 23.9 Å². The van der Waals surface area contributed by atoms with E-state index in [1.54, 1.807) is 19.9 Å². The molecule has 2 heterocycles. The molecule has 1 unspecified atom stereocenters. The topological polar surface area (TPSA) is 136 Å². The van der Waals surface area contributed by atoms with Gasteiger partial charge in [-0.05, 0) is 45.0 Å². The molecule has 3 rings (SSSR count). The lowest BCUT2D eigenvalue weighted by Gasteiger charge is -2.14. The molecule has 0 spiro atoms. The molecule has 2 aromatic heterocycles. The van der Waals surface area contributed by atoms with Crippen molar-refractivity contribution in [3.8, 4) is 0 Å². The van der Waals surface area contributed by atoms with E-state index < -0.39 is 28.0 Å². The van der Waals surface area contributed by atoms with Gasteiger partial charge in [-0.2, -0.15) is 4.98 Å². The number of fused-ring (bicyclic) bond motifs is 1. The Morgan fingerprint density at radius 2 is 1.87 bits per heavy atom. The molecule has 164 valence electrons. The van der Waals surface area contributed by atoms with E-state index >= 15 is 0 Å². The van der Waals surface area contributed by atoms with E-state index in [1.807, 2.05) is 0 Å². The van der Waals surface area contributed by atoms with Gasteiger partial charge in [0.1, 0.15) is 0 Å². The summed E-state index contributed by atoms with van der Waals surface area (Å²) in [7, 11) is -0.837. The number of amides is 1. The molecule has 1 N–H and O–H groups in total. The highest BCUT2D eigenvalue weighted by atomic mass is 32.2. The molecule has 31 heavy (non-hydrogen) atoms. The van der Waals surface area contributed by atoms with Crippen molar-refractivity contribution in [2.45, 2.75) is 31.8 Å². The third-order valence-corrected chi connectivity index (χ3v) is 6.15. The molecule has 0 fully saturated rings. The number of aromatic nitrogens is 4. The average Bonchev–Trinajstić information content (AvgIpc) is 3.12. The maximum absolute atomic E-state index is 12.4. The molecule has 0 aliphatic rings. The van der Waals surface area contributed by atoms with Crippen molar-refractivity contribution >= 4 is 33.4 Å². The summed E-state index contributed by atoms with van der Waals surface area (Å²) < 4.78 is 32.1. The first-order chi connectivity index (χ1) is 14.5. The van der Waals surface area contributed by atoms with Crippen LogP contribution in [0.15, 0.2) is 35.2 Å². The highest BCUT2D eigenvalue weighted by molar-refractivity contribution is 7.89. The van der Waals surface area contributed by atoms with E-state index in [-0.39, 0.29) is 22.2 Å². The smallest absolute Gasteiger partial charge is 0.379 e. The third-order valence-electron chi connectivity index (χ3n) is 4.33. The van der Waals surface area contributed by atoms with Crippen LogP contribution in [0, 0.1) is 13.8 Å². The highest BCUT2D eigenvalue weighted by Gasteiger charge is 2.24. The Hall–Kier alpha value is -3.38. The summed E-state index contributed by atoms with van der Waals surface area (Å²) >= 11 is 0. The summed E-state index contributed by atoms with van der Waals surface area (Å²) in [6.07, 6.45) is -1.18. The van der Waals surface area contributed by atoms with Crippen LogP contribution in [-0.4, -0.2) is 64.4 Å². The van der Waals surface area contributed by atoms with Gasteiger partial charge in [-0.1, -0.05) is 6.07 Å². The van der Waals surface area contributed by atoms with E-state index in [9.17, 15) is 18.0 Å². The lowest BCUT2D eigenvalue weighted by Crippen LogP contribution is -2.30. The standard InChI is InChI=1S/C19H22N6O5S/c1-11-9-12(2)25-19(20-11)22-16(23-25)18(27)30-13(3)17(26)21-14-7-6-8-15(10-14)31(28,29)24(4)5/h6-10,13H,1-5H3,(H,21,26). The molecule has 1 atom stereocenters. The predicted molar refractivity (Wildman–Crippen MR) is 111 cm³/mol. The van der Waals surface area contributed by atoms with Gasteiger partial charge in [0.25, 0.3) is 17.5 Å². The Morgan fingerprint density at radius 3 is 2.55 bits per heavy atom. The summed E-state index contributed by atoms with van der Waals surface area (Å²) in [5, 5.41) is 6.61. The molecular formula is C19H22N6O5S. The number of carbonyl (C=O) groups excluding carboxylic acids is 2. The van der Waals surface area contributed by atoms with Crippen LogP contribution in [0.1, 0.15) is 28.9 Å². The molecule has 0 saturated heterocycles. The number of ether oxygens (including phenoxy) is 1. The van der Waals surface area contributed by atoms with Gasteiger partial charge in [0, 0.05) is 31.2 Å². The second kappa shape index (κ2) is 8.40. The van der Waals surface area contributed by atoms with Gasteiger partial charge < -0.3 is 10.1 Å². The zero-order chi connectivity index (χ0) is 22.9. The fourth-order valence-corrected chi connectivity index (χ4v) is 3.66. The quantitative estimate of drug-likeness (QED) is 0.558. The maximum atomic E-state index is 12.4. The van der Waals surface area contributed by atoms with Gasteiger partial charge >= 0.3 is 5.97 Å². The number of carbonyl (C=O) groups is 2. The van der Waals surface area contributed by atoms with Gasteiger partial charge in [0.15, 0.2) is 6.10 Å². The Balaban J connectivity index is 1.71. The van der Waals surface area contributed by atoms with Crippen molar-refractivity contribution in [3.05, 3.63) is 47.5 Å². The SMILES string of the molecule is Cc1cc(C)n2nc(C(=O)OC(C)C(=O)Nc3cccc(S(=O)(=O)N(C)C)c3)nc2n1. The fraction of sp³-hybridized carbons (Fsp3) is 0.316. The van der Waals surface area contributed by atoms with Crippen LogP contribution in [0.25, 0.3) is 5.78 Å². The third kappa shape index (κ3) is 4.70. The first kappa shape index (κ1) is 22.3. The van der Waals surface area contributed by atoms with Gasteiger partial charge in [-0.3, -0.25) is 4.79 Å². The summed E-state index contributed by atoms with van der Waals surface area (Å²) in [5.41, 5.74) is 1.72. The minimum Gasteiger partial charge on any atom is -0.447 e. The van der Waals surface area contributed by atoms with E-state index in [1.165, 1.54) is 49.8 Å². The number of hydrogen-bond acceptors (Lipinski definition) is 8. The first-order valence-corrected chi connectivity index (χ1v) is 10.7. The van der Waals surface area contributed by atoms with Crippen molar-refractivity contribution in [2.24, 2.45) is 0 Å². The Kier molecular flexibility index (Phi) is 6.04. The number of nitrogens with zero attached hydrogens (tertiary/aromatic N) is 5. The van der Waals surface area contributed by atoms with E-state index in [4.69, 9.17) is 4.74 Å². The predicted octanol–water partition coefficient (Wildman–Crippen LogP) is 1.18. The van der Waals surface area contributed by atoms with Crippen LogP contribution >= 0.6 is 0 Å². The zero-order valence-electron chi connectivity index (χ0n) is 17.6. The summed E-state index contributed by atoms with van der Waals surface area (Å²) in [6, 6.07) is 7.56. The number of esters is 1. The van der Waals surface area contributed by atoms with E-state index in [0.29, 0.717) is 0 Å². The Morgan fingerprint density at radius 1 is 1.16 bits per heavy atom. The second-order valence-electron chi connectivity index (χ2n) is 7.04. The van der Waals surface area contributed by atoms with Gasteiger partial charge in [-0.25, -0.2) is 27.0 Å². The summed E-state index contributed by atoms with van der Waals surface area (Å²) in [5.74, 6) is -1.49. The monoisotopic (exact) mass is 446 g/mol. The van der Waals surface area contributed by atoms with Crippen molar-refractivity contribution in [1.29, 1.82) is 0 Å². The van der Waals surface area contributed by atoms with Crippen molar-refractivity contribution < 1.29 is 22.7 Å². The maximum Gasteiger partial charge on any atom is 0.379 e. The summed E-state index contributed by atoms with van der Waals surface area (Å²) in [4.78, 5) is 33.1. The van der Waals surface area contributed by atoms with Gasteiger partial charge in [0.2, 0.25) is 10.0 Å². The minimum absolute atomic E-state index is 0.0204. The van der Waals surface area contributed by atoms with Crippen molar-refractivity contribution in [3.63, 3.8) is 0 Å². The molecule has 3 aromatic rings. The normalized spacial score (nSPS) is 12.7. The zero-order valence-corrected chi connectivity index (χ0v) is 18.5. The lowest BCUT2D eigenvalue weighted by molar-refractivity contribution is -0.123. The molecule has 0 radical (unpaired) electrons. The molecule has 1 amide bonds. The van der Waals surface area contributed by atoms with Crippen LogP contribution < -0.4 is 5.32 Å². The van der Waals surface area contributed by atoms with E-state index in [0.717, 1.165) is 15.7 Å². The van der Waals surface area contributed by atoms with Crippen LogP contribution in [0.2, 0.25) is 0 Å². The highest BCUT2D eigenvalue weighted by Crippen LogP contribution is 2.18. The molecule has 0 aliphatic heterocycles. The second-order valence-corrected chi connectivity index (χ2v) is 9.19. The molecule has 0 aliphatic carbocycles. The molecule has 12 heteroatoms. The average molecular weight is 446 g/mol. The van der Waals surface area contributed by atoms with Crippen LogP contribution in [0.3, 0.4) is 0 Å². The number of sulfonamides is 1. The van der Waals surface area contributed by atoms with Crippen LogP contribution in [0.5, 0.6) is 0 Å². The van der Waals surface area contributed by atoms with E-state index in [2.05, 4.69) is 20.4 Å². The van der Waals surface area contributed by atoms with Crippen LogP contribution in [-0.2, 0) is 19.6 Å². The Bertz CT molecular complexity index is 1270. The molecule has 11 nitrogen and oxygen atoms in total.